The van der Waals surface area contributed by atoms with Gasteiger partial charge in [-0.1, -0.05) is 12.1 Å². The maximum absolute atomic E-state index is 10.7. The van der Waals surface area contributed by atoms with Crippen molar-refractivity contribution in [1.82, 2.24) is 4.98 Å². The molecule has 0 bridgehead atoms. The Morgan fingerprint density at radius 3 is 2.75 bits per heavy atom. The number of aromatic carboxylic acids is 1. The van der Waals surface area contributed by atoms with Crippen LogP contribution in [0.3, 0.4) is 0 Å². The van der Waals surface area contributed by atoms with Crippen LogP contribution >= 0.6 is 0 Å². The van der Waals surface area contributed by atoms with Crippen LogP contribution in [0.1, 0.15) is 15.9 Å². The average Bonchev–Trinajstić information content (AvgIpc) is 2.93. The fraction of sp³-hybridized carbons (Fsp3) is 0.0667. The van der Waals surface area contributed by atoms with Crippen LogP contribution in [0.2, 0.25) is 0 Å². The lowest BCUT2D eigenvalue weighted by Gasteiger charge is -2.06. The van der Waals surface area contributed by atoms with Crippen molar-refractivity contribution in [2.75, 3.05) is 0 Å². The first-order valence-corrected chi connectivity index (χ1v) is 6.01. The van der Waals surface area contributed by atoms with E-state index < -0.39 is 5.97 Å². The van der Waals surface area contributed by atoms with Gasteiger partial charge in [0, 0.05) is 6.07 Å². The highest BCUT2D eigenvalue weighted by molar-refractivity contribution is 5.87. The number of aromatic nitrogens is 1. The van der Waals surface area contributed by atoms with Crippen molar-refractivity contribution in [2.45, 2.75) is 6.61 Å². The maximum Gasteiger partial charge on any atom is 0.335 e. The monoisotopic (exact) mass is 269 g/mol. The maximum atomic E-state index is 10.7. The average molecular weight is 269 g/mol. The van der Waals surface area contributed by atoms with Gasteiger partial charge in [0.2, 0.25) is 0 Å². The highest BCUT2D eigenvalue weighted by Gasteiger charge is 2.04. The van der Waals surface area contributed by atoms with Crippen LogP contribution in [0.5, 0.6) is 5.75 Å². The zero-order valence-electron chi connectivity index (χ0n) is 10.4. The van der Waals surface area contributed by atoms with Gasteiger partial charge in [0.05, 0.1) is 5.56 Å². The molecule has 100 valence electrons. The first-order chi connectivity index (χ1) is 9.72. The van der Waals surface area contributed by atoms with Gasteiger partial charge < -0.3 is 14.3 Å². The number of benzene rings is 2. The van der Waals surface area contributed by atoms with Crippen molar-refractivity contribution in [3.05, 3.63) is 60.0 Å². The van der Waals surface area contributed by atoms with Gasteiger partial charge in [0.25, 0.3) is 0 Å². The molecule has 0 fully saturated rings. The van der Waals surface area contributed by atoms with Gasteiger partial charge in [-0.2, -0.15) is 0 Å². The van der Waals surface area contributed by atoms with Gasteiger partial charge in [-0.25, -0.2) is 9.78 Å². The van der Waals surface area contributed by atoms with E-state index in [4.69, 9.17) is 14.3 Å². The van der Waals surface area contributed by atoms with Crippen molar-refractivity contribution in [1.29, 1.82) is 0 Å². The lowest BCUT2D eigenvalue weighted by molar-refractivity contribution is 0.0697. The molecule has 1 aromatic heterocycles. The molecule has 0 aliphatic heterocycles. The van der Waals surface area contributed by atoms with Crippen molar-refractivity contribution in [2.24, 2.45) is 0 Å². The fourth-order valence-corrected chi connectivity index (χ4v) is 1.84. The van der Waals surface area contributed by atoms with Crippen LogP contribution in [-0.4, -0.2) is 16.1 Å². The summed E-state index contributed by atoms with van der Waals surface area (Å²) in [4.78, 5) is 14.8. The first kappa shape index (κ1) is 12.2. The topological polar surface area (TPSA) is 72.6 Å². The van der Waals surface area contributed by atoms with Crippen LogP contribution in [0.25, 0.3) is 11.1 Å². The van der Waals surface area contributed by atoms with Crippen LogP contribution in [0.4, 0.5) is 0 Å². The summed E-state index contributed by atoms with van der Waals surface area (Å²) < 4.78 is 10.8. The Morgan fingerprint density at radius 2 is 2.00 bits per heavy atom. The minimum absolute atomic E-state index is 0.262. The number of carboxylic acids is 1. The minimum Gasteiger partial charge on any atom is -0.489 e. The van der Waals surface area contributed by atoms with Gasteiger partial charge in [-0.3, -0.25) is 0 Å². The van der Waals surface area contributed by atoms with E-state index in [1.165, 1.54) is 6.39 Å². The molecule has 0 spiro atoms. The minimum atomic E-state index is -0.936. The Bertz CT molecular complexity index is 746. The number of hydrogen-bond donors (Lipinski definition) is 1. The van der Waals surface area contributed by atoms with E-state index in [0.717, 1.165) is 11.1 Å². The Hall–Kier alpha value is -2.82. The lowest BCUT2D eigenvalue weighted by Crippen LogP contribution is -1.98. The van der Waals surface area contributed by atoms with Crippen molar-refractivity contribution in [3.8, 4) is 5.75 Å². The number of ether oxygens (including phenoxy) is 1. The van der Waals surface area contributed by atoms with Crippen LogP contribution in [0, 0.1) is 0 Å². The summed E-state index contributed by atoms with van der Waals surface area (Å²) in [5.41, 5.74) is 2.61. The van der Waals surface area contributed by atoms with E-state index in [1.54, 1.807) is 42.5 Å². The second kappa shape index (κ2) is 5.05. The molecule has 0 aliphatic rings. The molecule has 0 atom stereocenters. The first-order valence-electron chi connectivity index (χ1n) is 6.01. The van der Waals surface area contributed by atoms with E-state index in [-0.39, 0.29) is 5.56 Å². The van der Waals surface area contributed by atoms with Gasteiger partial charge >= 0.3 is 5.97 Å². The number of carbonyl (C=O) groups is 1. The van der Waals surface area contributed by atoms with E-state index in [2.05, 4.69) is 4.98 Å². The van der Waals surface area contributed by atoms with E-state index >= 15 is 0 Å². The quantitative estimate of drug-likeness (QED) is 0.787. The van der Waals surface area contributed by atoms with Crippen molar-refractivity contribution in [3.63, 3.8) is 0 Å². The third-order valence-corrected chi connectivity index (χ3v) is 2.91. The second-order valence-electron chi connectivity index (χ2n) is 4.27. The number of carboxylic acid groups (broad SMARTS) is 1. The Morgan fingerprint density at radius 1 is 1.20 bits per heavy atom. The molecular weight excluding hydrogens is 258 g/mol. The third kappa shape index (κ3) is 2.47. The molecule has 0 saturated carbocycles. The number of hydrogen-bond acceptors (Lipinski definition) is 4. The summed E-state index contributed by atoms with van der Waals surface area (Å²) >= 11 is 0. The molecule has 0 radical (unpaired) electrons. The SMILES string of the molecule is O=C(O)c1ccc(COc2ccc3ocnc3c2)cc1. The second-order valence-corrected chi connectivity index (χ2v) is 4.27. The molecule has 3 aromatic rings. The molecule has 1 N–H and O–H groups in total. The third-order valence-electron chi connectivity index (χ3n) is 2.91. The standard InChI is InChI=1S/C15H11NO4/c17-15(18)11-3-1-10(2-4-11)8-19-12-5-6-14-13(7-12)16-9-20-14/h1-7,9H,8H2,(H,17,18). The number of oxazole rings is 1. The Balaban J connectivity index is 1.70. The van der Waals surface area contributed by atoms with Gasteiger partial charge in [-0.05, 0) is 29.8 Å². The smallest absolute Gasteiger partial charge is 0.335 e. The molecule has 1 heterocycles. The molecular formula is C15H11NO4. The Labute approximate surface area is 114 Å². The number of fused-ring (bicyclic) bond motifs is 1. The summed E-state index contributed by atoms with van der Waals surface area (Å²) in [6.45, 7) is 0.364. The van der Waals surface area contributed by atoms with Gasteiger partial charge in [0.15, 0.2) is 12.0 Å². The predicted molar refractivity (Wildman–Crippen MR) is 71.7 cm³/mol. The van der Waals surface area contributed by atoms with Crippen LogP contribution in [-0.2, 0) is 6.61 Å². The Kier molecular flexibility index (Phi) is 3.09. The number of rotatable bonds is 4. The fourth-order valence-electron chi connectivity index (χ4n) is 1.84. The normalized spacial score (nSPS) is 10.6. The van der Waals surface area contributed by atoms with E-state index in [9.17, 15) is 4.79 Å². The molecule has 20 heavy (non-hydrogen) atoms. The van der Waals surface area contributed by atoms with Crippen molar-refractivity contribution < 1.29 is 19.1 Å². The molecule has 5 nitrogen and oxygen atoms in total. The summed E-state index contributed by atoms with van der Waals surface area (Å²) in [6.07, 6.45) is 1.39. The van der Waals surface area contributed by atoms with Gasteiger partial charge in [0.1, 0.15) is 17.9 Å². The zero-order valence-corrected chi connectivity index (χ0v) is 10.4. The summed E-state index contributed by atoms with van der Waals surface area (Å²) in [5.74, 6) is -0.248. The van der Waals surface area contributed by atoms with Crippen molar-refractivity contribution >= 4 is 17.1 Å². The molecule has 0 unspecified atom stereocenters. The predicted octanol–water partition coefficient (Wildman–Crippen LogP) is 3.11. The highest BCUT2D eigenvalue weighted by Crippen LogP contribution is 2.20. The zero-order chi connectivity index (χ0) is 13.9. The molecule has 2 aromatic carbocycles. The van der Waals surface area contributed by atoms with Crippen LogP contribution in [0.15, 0.2) is 53.3 Å². The molecule has 3 rings (SSSR count). The van der Waals surface area contributed by atoms with E-state index in [1.807, 2.05) is 0 Å². The summed E-state index contributed by atoms with van der Waals surface area (Å²) in [5, 5.41) is 8.82. The number of nitrogens with zero attached hydrogens (tertiary/aromatic N) is 1. The largest absolute Gasteiger partial charge is 0.489 e. The summed E-state index contributed by atoms with van der Waals surface area (Å²) in [6, 6.07) is 12.0. The van der Waals surface area contributed by atoms with E-state index in [0.29, 0.717) is 17.9 Å². The van der Waals surface area contributed by atoms with Gasteiger partial charge in [-0.15, -0.1) is 0 Å². The molecule has 0 amide bonds. The lowest BCUT2D eigenvalue weighted by atomic mass is 10.1. The molecule has 0 aliphatic carbocycles. The molecule has 5 heteroatoms. The highest BCUT2D eigenvalue weighted by atomic mass is 16.5. The summed E-state index contributed by atoms with van der Waals surface area (Å²) in [7, 11) is 0. The molecule has 0 saturated heterocycles. The van der Waals surface area contributed by atoms with Crippen LogP contribution < -0.4 is 4.74 Å².